The van der Waals surface area contributed by atoms with Gasteiger partial charge >= 0.3 is 0 Å². The fourth-order valence-corrected chi connectivity index (χ4v) is 3.42. The second kappa shape index (κ2) is 6.48. The molecule has 1 aliphatic heterocycles. The predicted octanol–water partition coefficient (Wildman–Crippen LogP) is 4.22. The van der Waals surface area contributed by atoms with Crippen LogP contribution in [-0.4, -0.2) is 22.5 Å². The van der Waals surface area contributed by atoms with Gasteiger partial charge in [0.05, 0.1) is 0 Å². The van der Waals surface area contributed by atoms with Crippen LogP contribution in [0.1, 0.15) is 10.4 Å². The van der Waals surface area contributed by atoms with E-state index in [9.17, 15) is 4.79 Å². The van der Waals surface area contributed by atoms with Gasteiger partial charge in [-0.3, -0.25) is 14.6 Å². The normalized spacial score (nSPS) is 16.5. The largest absolute Gasteiger partial charge is 0.282 e. The maximum atomic E-state index is 12.8. The molecule has 1 aromatic carbocycles. The molecule has 0 radical (unpaired) electrons. The van der Waals surface area contributed by atoms with E-state index in [4.69, 9.17) is 12.2 Å². The van der Waals surface area contributed by atoms with Crippen LogP contribution < -0.4 is 4.90 Å². The van der Waals surface area contributed by atoms with Crippen LogP contribution in [0.3, 0.4) is 0 Å². The number of hydrogen-bond donors (Lipinski definition) is 0. The number of aryl methyl sites for hydroxylation is 1. The van der Waals surface area contributed by atoms with E-state index in [1.165, 1.54) is 0 Å². The Morgan fingerprint density at radius 1 is 1.26 bits per heavy atom. The summed E-state index contributed by atoms with van der Waals surface area (Å²) in [6.07, 6.45) is 3.58. The van der Waals surface area contributed by atoms with Gasteiger partial charge in [0.1, 0.15) is 5.70 Å². The third-order valence-electron chi connectivity index (χ3n) is 3.55. The average Bonchev–Trinajstić information content (AvgIpc) is 3.12. The molecule has 23 heavy (non-hydrogen) atoms. The zero-order valence-corrected chi connectivity index (χ0v) is 14.4. The monoisotopic (exact) mass is 340 g/mol. The molecule has 1 fully saturated rings. The molecule has 0 spiro atoms. The zero-order chi connectivity index (χ0) is 16.4. The summed E-state index contributed by atoms with van der Waals surface area (Å²) >= 11 is 7.13. The lowest BCUT2D eigenvalue weighted by Gasteiger charge is -2.19. The Morgan fingerprint density at radius 2 is 2.00 bits per heavy atom. The number of rotatable bonds is 4. The summed E-state index contributed by atoms with van der Waals surface area (Å²) < 4.78 is 0. The molecule has 0 bridgehead atoms. The summed E-state index contributed by atoms with van der Waals surface area (Å²) in [7, 11) is 0. The number of nitrogens with zero attached hydrogens (tertiary/aromatic N) is 2. The van der Waals surface area contributed by atoms with Crippen LogP contribution in [0.2, 0.25) is 0 Å². The first-order chi connectivity index (χ1) is 11.1. The first-order valence-electron chi connectivity index (χ1n) is 7.20. The van der Waals surface area contributed by atoms with Gasteiger partial charge in [-0.05, 0) is 48.8 Å². The van der Waals surface area contributed by atoms with Crippen LogP contribution in [0.5, 0.6) is 0 Å². The molecule has 3 rings (SSSR count). The molecule has 0 N–H and O–H groups in total. The summed E-state index contributed by atoms with van der Waals surface area (Å²) in [4.78, 5) is 17.2. The number of thiocarbonyl (C=S) groups is 1. The number of carbonyl (C=O) groups excluding carboxylic acids is 1. The minimum absolute atomic E-state index is 0.0936. The summed E-state index contributed by atoms with van der Waals surface area (Å²) in [5.41, 5.74) is 2.63. The minimum atomic E-state index is -0.0936. The number of benzene rings is 1. The lowest BCUT2D eigenvalue weighted by atomic mass is 10.2. The zero-order valence-electron chi connectivity index (χ0n) is 12.7. The van der Waals surface area contributed by atoms with Crippen LogP contribution in [0.25, 0.3) is 6.08 Å². The van der Waals surface area contributed by atoms with Crippen molar-refractivity contribution in [3.8, 4) is 0 Å². The maximum absolute atomic E-state index is 12.8. The molecule has 5 heteroatoms. The lowest BCUT2D eigenvalue weighted by Crippen LogP contribution is -2.32. The number of hydrogen-bond acceptors (Lipinski definition) is 3. The Morgan fingerprint density at radius 3 is 2.61 bits per heavy atom. The molecule has 0 atom stereocenters. The highest BCUT2D eigenvalue weighted by Gasteiger charge is 2.38. The third kappa shape index (κ3) is 2.98. The molecule has 2 aromatic rings. The van der Waals surface area contributed by atoms with E-state index in [2.05, 4.69) is 6.58 Å². The molecule has 116 valence electrons. The fourth-order valence-electron chi connectivity index (χ4n) is 2.41. The first kappa shape index (κ1) is 15.6. The van der Waals surface area contributed by atoms with Gasteiger partial charge in [-0.15, -0.1) is 17.9 Å². The van der Waals surface area contributed by atoms with Crippen LogP contribution in [0.4, 0.5) is 5.69 Å². The van der Waals surface area contributed by atoms with E-state index in [-0.39, 0.29) is 5.91 Å². The van der Waals surface area contributed by atoms with Gasteiger partial charge in [-0.2, -0.15) is 0 Å². The van der Waals surface area contributed by atoms with E-state index >= 15 is 0 Å². The van der Waals surface area contributed by atoms with E-state index in [0.29, 0.717) is 17.4 Å². The number of amides is 1. The summed E-state index contributed by atoms with van der Waals surface area (Å²) in [6, 6.07) is 11.9. The van der Waals surface area contributed by atoms with Crippen molar-refractivity contribution in [3.05, 3.63) is 70.6 Å². The van der Waals surface area contributed by atoms with Crippen LogP contribution in [-0.2, 0) is 4.79 Å². The van der Waals surface area contributed by atoms with Crippen molar-refractivity contribution in [2.24, 2.45) is 0 Å². The Balaban J connectivity index is 2.08. The molecular formula is C18H16N2OS2. The number of thiophene rings is 1. The third-order valence-corrected chi connectivity index (χ3v) is 4.78. The van der Waals surface area contributed by atoms with Gasteiger partial charge < -0.3 is 0 Å². The van der Waals surface area contributed by atoms with Gasteiger partial charge in [-0.25, -0.2) is 0 Å². The second-order valence-corrected chi connectivity index (χ2v) is 6.55. The van der Waals surface area contributed by atoms with Gasteiger partial charge in [0.2, 0.25) is 0 Å². The molecule has 1 aliphatic rings. The molecule has 0 saturated carbocycles. The van der Waals surface area contributed by atoms with Crippen LogP contribution in [0.15, 0.2) is 60.1 Å². The average molecular weight is 340 g/mol. The molecule has 1 saturated heterocycles. The number of carbonyl (C=O) groups is 1. The van der Waals surface area contributed by atoms with Crippen molar-refractivity contribution in [1.29, 1.82) is 0 Å². The van der Waals surface area contributed by atoms with Crippen molar-refractivity contribution in [1.82, 2.24) is 4.90 Å². The SMILES string of the molecule is C=CCN1C(=O)C(=Cc2cccs2)N(c2ccc(C)cc2)C1=S. The van der Waals surface area contributed by atoms with Crippen molar-refractivity contribution in [2.45, 2.75) is 6.92 Å². The molecule has 1 aromatic heterocycles. The molecule has 3 nitrogen and oxygen atoms in total. The first-order valence-corrected chi connectivity index (χ1v) is 8.49. The summed E-state index contributed by atoms with van der Waals surface area (Å²) in [6.45, 7) is 6.15. The highest BCUT2D eigenvalue weighted by Crippen LogP contribution is 2.31. The molecule has 1 amide bonds. The maximum Gasteiger partial charge on any atom is 0.277 e. The van der Waals surface area contributed by atoms with Crippen LogP contribution in [0, 0.1) is 6.92 Å². The quantitative estimate of drug-likeness (QED) is 0.473. The number of anilines is 1. The lowest BCUT2D eigenvalue weighted by molar-refractivity contribution is -0.121. The minimum Gasteiger partial charge on any atom is -0.282 e. The summed E-state index contributed by atoms with van der Waals surface area (Å²) in [5.74, 6) is -0.0936. The van der Waals surface area contributed by atoms with Gasteiger partial charge in [-0.1, -0.05) is 29.8 Å². The fraction of sp³-hybridized carbons (Fsp3) is 0.111. The van der Waals surface area contributed by atoms with Crippen molar-refractivity contribution >= 4 is 46.3 Å². The predicted molar refractivity (Wildman–Crippen MR) is 100 cm³/mol. The topological polar surface area (TPSA) is 23.6 Å². The van der Waals surface area contributed by atoms with E-state index in [1.807, 2.05) is 59.7 Å². The van der Waals surface area contributed by atoms with E-state index in [1.54, 1.807) is 22.3 Å². The standard InChI is InChI=1S/C18H16N2OS2/c1-3-10-19-17(21)16(12-15-5-4-11-23-15)20(18(19)22)14-8-6-13(2)7-9-14/h3-9,11-12H,1,10H2,2H3. The smallest absolute Gasteiger partial charge is 0.277 e. The Bertz CT molecular complexity index is 776. The van der Waals surface area contributed by atoms with E-state index < -0.39 is 0 Å². The van der Waals surface area contributed by atoms with Gasteiger partial charge in [0.15, 0.2) is 5.11 Å². The van der Waals surface area contributed by atoms with Crippen molar-refractivity contribution in [2.75, 3.05) is 11.4 Å². The molecule has 2 heterocycles. The Kier molecular flexibility index (Phi) is 4.41. The molecule has 0 unspecified atom stereocenters. The van der Waals surface area contributed by atoms with Crippen molar-refractivity contribution < 1.29 is 4.79 Å². The van der Waals surface area contributed by atoms with Gasteiger partial charge in [0, 0.05) is 17.1 Å². The van der Waals surface area contributed by atoms with E-state index in [0.717, 1.165) is 16.1 Å². The highest BCUT2D eigenvalue weighted by atomic mass is 32.1. The Hall–Kier alpha value is -2.24. The van der Waals surface area contributed by atoms with Crippen LogP contribution >= 0.6 is 23.6 Å². The highest BCUT2D eigenvalue weighted by molar-refractivity contribution is 7.80. The summed E-state index contributed by atoms with van der Waals surface area (Å²) in [5, 5.41) is 2.48. The molecule has 0 aliphatic carbocycles. The van der Waals surface area contributed by atoms with Crippen molar-refractivity contribution in [3.63, 3.8) is 0 Å². The molecular weight excluding hydrogens is 324 g/mol. The Labute approximate surface area is 145 Å². The van der Waals surface area contributed by atoms with Gasteiger partial charge in [0.25, 0.3) is 5.91 Å². The second-order valence-electron chi connectivity index (χ2n) is 5.20.